The fourth-order valence-electron chi connectivity index (χ4n) is 1.09. The maximum absolute atomic E-state index is 12.4. The second-order valence-corrected chi connectivity index (χ2v) is 3.64. The van der Waals surface area contributed by atoms with Gasteiger partial charge in [0.1, 0.15) is 0 Å². The van der Waals surface area contributed by atoms with E-state index in [0.29, 0.717) is 6.07 Å². The van der Waals surface area contributed by atoms with E-state index >= 15 is 0 Å². The van der Waals surface area contributed by atoms with E-state index in [9.17, 15) is 18.0 Å². The van der Waals surface area contributed by atoms with Gasteiger partial charge in [0.25, 0.3) is 0 Å². The van der Waals surface area contributed by atoms with Crippen LogP contribution < -0.4 is 5.73 Å². The third-order valence-electron chi connectivity index (χ3n) is 1.65. The monoisotopic (exact) mass is 283 g/mol. The summed E-state index contributed by atoms with van der Waals surface area (Å²) in [4.78, 5) is 10.6. The zero-order valence-electron chi connectivity index (χ0n) is 7.10. The minimum atomic E-state index is -4.74. The van der Waals surface area contributed by atoms with Gasteiger partial charge in [-0.1, -0.05) is 15.9 Å². The molecule has 3 nitrogen and oxygen atoms in total. The van der Waals surface area contributed by atoms with E-state index in [-0.39, 0.29) is 4.47 Å². The molecule has 0 heterocycles. The van der Waals surface area contributed by atoms with Crippen molar-refractivity contribution in [1.82, 2.24) is 0 Å². The summed E-state index contributed by atoms with van der Waals surface area (Å²) >= 11 is 2.82. The van der Waals surface area contributed by atoms with Gasteiger partial charge in [-0.15, -0.1) is 0 Å². The summed E-state index contributed by atoms with van der Waals surface area (Å²) in [6.45, 7) is 0. The summed E-state index contributed by atoms with van der Waals surface area (Å²) in [6, 6.07) is 1.79. The maximum atomic E-state index is 12.4. The summed E-state index contributed by atoms with van der Waals surface area (Å²) < 4.78 is 37.4. The molecule has 0 aliphatic rings. The number of aromatic carboxylic acids is 1. The van der Waals surface area contributed by atoms with E-state index in [0.717, 1.165) is 6.07 Å². The first-order chi connectivity index (χ1) is 6.73. The number of carboxylic acid groups (broad SMARTS) is 1. The van der Waals surface area contributed by atoms with Crippen LogP contribution in [0.2, 0.25) is 0 Å². The average molecular weight is 284 g/mol. The molecule has 0 aliphatic carbocycles. The lowest BCUT2D eigenvalue weighted by atomic mass is 10.1. The molecule has 1 aromatic carbocycles. The van der Waals surface area contributed by atoms with Crippen molar-refractivity contribution in [3.63, 3.8) is 0 Å². The minimum Gasteiger partial charge on any atom is -0.478 e. The number of carboxylic acids is 1. The standard InChI is InChI=1S/C8H5BrF3NO2/c9-3-1-4(8(10,11)12)6(7(14)15)5(13)2-3/h1-2H,13H2,(H,14,15). The van der Waals surface area contributed by atoms with Crippen molar-refractivity contribution in [2.24, 2.45) is 0 Å². The van der Waals surface area contributed by atoms with Crippen molar-refractivity contribution >= 4 is 27.6 Å². The van der Waals surface area contributed by atoms with Gasteiger partial charge in [0.2, 0.25) is 0 Å². The molecule has 82 valence electrons. The van der Waals surface area contributed by atoms with Crippen molar-refractivity contribution in [2.45, 2.75) is 6.18 Å². The molecule has 0 saturated heterocycles. The summed E-state index contributed by atoms with van der Waals surface area (Å²) in [6.07, 6.45) is -4.74. The quantitative estimate of drug-likeness (QED) is 0.779. The molecule has 0 atom stereocenters. The van der Waals surface area contributed by atoms with Crippen LogP contribution in [0.25, 0.3) is 0 Å². The minimum absolute atomic E-state index is 0.0809. The predicted octanol–water partition coefficient (Wildman–Crippen LogP) is 2.75. The van der Waals surface area contributed by atoms with Crippen LogP contribution in [0.3, 0.4) is 0 Å². The second-order valence-electron chi connectivity index (χ2n) is 2.72. The van der Waals surface area contributed by atoms with Gasteiger partial charge in [0.05, 0.1) is 11.1 Å². The molecule has 0 amide bonds. The Bertz CT molecular complexity index is 417. The Labute approximate surface area is 90.8 Å². The molecule has 0 aliphatic heterocycles. The zero-order chi connectivity index (χ0) is 11.8. The molecule has 0 fully saturated rings. The molecule has 0 aromatic heterocycles. The average Bonchev–Trinajstić information content (AvgIpc) is 1.99. The van der Waals surface area contributed by atoms with Crippen LogP contribution in [0, 0.1) is 0 Å². The van der Waals surface area contributed by atoms with Crippen LogP contribution in [0.5, 0.6) is 0 Å². The Kier molecular flexibility index (Phi) is 2.94. The number of benzene rings is 1. The third-order valence-corrected chi connectivity index (χ3v) is 2.11. The number of halogens is 4. The topological polar surface area (TPSA) is 63.3 Å². The summed E-state index contributed by atoms with van der Waals surface area (Å²) in [5.74, 6) is -1.70. The van der Waals surface area contributed by atoms with E-state index in [1.165, 1.54) is 0 Å². The van der Waals surface area contributed by atoms with E-state index in [1.807, 2.05) is 0 Å². The summed E-state index contributed by atoms with van der Waals surface area (Å²) in [5, 5.41) is 8.61. The van der Waals surface area contributed by atoms with Crippen molar-refractivity contribution < 1.29 is 23.1 Å². The van der Waals surface area contributed by atoms with Gasteiger partial charge in [-0.2, -0.15) is 13.2 Å². The van der Waals surface area contributed by atoms with Crippen LogP contribution in [0.4, 0.5) is 18.9 Å². The van der Waals surface area contributed by atoms with Crippen LogP contribution in [-0.4, -0.2) is 11.1 Å². The van der Waals surface area contributed by atoms with Crippen molar-refractivity contribution in [1.29, 1.82) is 0 Å². The summed E-state index contributed by atoms with van der Waals surface area (Å²) in [5.41, 5.74) is 2.59. The predicted molar refractivity (Wildman–Crippen MR) is 50.5 cm³/mol. The van der Waals surface area contributed by atoms with Gasteiger partial charge in [0.15, 0.2) is 0 Å². The molecule has 0 unspecified atom stereocenters. The molecular formula is C8H5BrF3NO2. The lowest BCUT2D eigenvalue weighted by Crippen LogP contribution is -2.15. The van der Waals surface area contributed by atoms with Crippen LogP contribution >= 0.6 is 15.9 Å². The highest BCUT2D eigenvalue weighted by Gasteiger charge is 2.36. The fourth-order valence-corrected chi connectivity index (χ4v) is 1.57. The highest BCUT2D eigenvalue weighted by Crippen LogP contribution is 2.36. The molecule has 7 heteroatoms. The lowest BCUT2D eigenvalue weighted by molar-refractivity contribution is -0.138. The molecule has 0 bridgehead atoms. The Morgan fingerprint density at radius 3 is 2.33 bits per heavy atom. The summed E-state index contributed by atoms with van der Waals surface area (Å²) in [7, 11) is 0. The van der Waals surface area contributed by atoms with Gasteiger partial charge in [-0.25, -0.2) is 4.79 Å². The second kappa shape index (κ2) is 3.73. The van der Waals surface area contributed by atoms with Gasteiger partial charge in [0, 0.05) is 10.2 Å². The molecule has 1 aromatic rings. The number of rotatable bonds is 1. The Balaban J connectivity index is 3.54. The largest absolute Gasteiger partial charge is 0.478 e. The number of carbonyl (C=O) groups is 1. The zero-order valence-corrected chi connectivity index (χ0v) is 8.69. The van der Waals surface area contributed by atoms with Crippen molar-refractivity contribution in [3.8, 4) is 0 Å². The Morgan fingerprint density at radius 2 is 1.93 bits per heavy atom. The fraction of sp³-hybridized carbons (Fsp3) is 0.125. The van der Waals surface area contributed by atoms with E-state index in [2.05, 4.69) is 15.9 Å². The first-order valence-electron chi connectivity index (χ1n) is 3.63. The van der Waals surface area contributed by atoms with Gasteiger partial charge < -0.3 is 10.8 Å². The lowest BCUT2D eigenvalue weighted by Gasteiger charge is -2.12. The molecule has 1 rings (SSSR count). The SMILES string of the molecule is Nc1cc(Br)cc(C(F)(F)F)c1C(=O)O. The number of anilines is 1. The molecule has 0 spiro atoms. The van der Waals surface area contributed by atoms with Gasteiger partial charge in [-0.3, -0.25) is 0 Å². The molecule has 0 saturated carbocycles. The van der Waals surface area contributed by atoms with E-state index in [4.69, 9.17) is 10.8 Å². The Hall–Kier alpha value is -1.24. The number of hydrogen-bond acceptors (Lipinski definition) is 2. The van der Waals surface area contributed by atoms with E-state index < -0.39 is 29.0 Å². The normalized spacial score (nSPS) is 11.5. The van der Waals surface area contributed by atoms with Crippen molar-refractivity contribution in [2.75, 3.05) is 5.73 Å². The molecular weight excluding hydrogens is 279 g/mol. The van der Waals surface area contributed by atoms with E-state index in [1.54, 1.807) is 0 Å². The van der Waals surface area contributed by atoms with Crippen LogP contribution in [0.1, 0.15) is 15.9 Å². The molecule has 0 radical (unpaired) electrons. The first kappa shape index (κ1) is 11.8. The molecule has 3 N–H and O–H groups in total. The maximum Gasteiger partial charge on any atom is 0.417 e. The number of nitrogen functional groups attached to an aromatic ring is 1. The number of hydrogen-bond donors (Lipinski definition) is 2. The van der Waals surface area contributed by atoms with Gasteiger partial charge >= 0.3 is 12.1 Å². The van der Waals surface area contributed by atoms with Crippen molar-refractivity contribution in [3.05, 3.63) is 27.7 Å². The van der Waals surface area contributed by atoms with Crippen LogP contribution in [-0.2, 0) is 6.18 Å². The first-order valence-corrected chi connectivity index (χ1v) is 4.42. The third kappa shape index (κ3) is 2.41. The number of nitrogens with two attached hydrogens (primary N) is 1. The highest BCUT2D eigenvalue weighted by atomic mass is 79.9. The number of alkyl halides is 3. The Morgan fingerprint density at radius 1 is 1.40 bits per heavy atom. The smallest absolute Gasteiger partial charge is 0.417 e. The van der Waals surface area contributed by atoms with Crippen LogP contribution in [0.15, 0.2) is 16.6 Å². The molecule has 15 heavy (non-hydrogen) atoms. The highest BCUT2D eigenvalue weighted by molar-refractivity contribution is 9.10. The van der Waals surface area contributed by atoms with Gasteiger partial charge in [-0.05, 0) is 12.1 Å².